The van der Waals surface area contributed by atoms with Crippen molar-refractivity contribution in [2.45, 2.75) is 31.3 Å². The number of fused-ring (bicyclic) bond motifs is 1. The van der Waals surface area contributed by atoms with Crippen LogP contribution in [-0.2, 0) is 12.0 Å². The van der Waals surface area contributed by atoms with Crippen LogP contribution in [0.2, 0.25) is 0 Å². The van der Waals surface area contributed by atoms with Gasteiger partial charge in [-0.2, -0.15) is 0 Å². The molecule has 0 radical (unpaired) electrons. The number of aromatic nitrogens is 1. The third-order valence-electron chi connectivity index (χ3n) is 4.00. The largest absolute Gasteiger partial charge is 0.398 e. The number of pyridine rings is 1. The summed E-state index contributed by atoms with van der Waals surface area (Å²) in [6, 6.07) is 9.85. The first kappa shape index (κ1) is 12.2. The lowest BCUT2D eigenvalue weighted by molar-refractivity contribution is 0.0709. The Morgan fingerprint density at radius 1 is 1.11 bits per heavy atom. The zero-order chi connectivity index (χ0) is 13.3. The maximum absolute atomic E-state index is 11.2. The Bertz CT molecular complexity index is 597. The first-order valence-corrected chi connectivity index (χ1v) is 6.72. The summed E-state index contributed by atoms with van der Waals surface area (Å²) in [6.45, 7) is 0. The summed E-state index contributed by atoms with van der Waals surface area (Å²) in [6.07, 6.45) is 7.14. The fourth-order valence-electron chi connectivity index (χ4n) is 3.00. The average molecular weight is 254 g/mol. The van der Waals surface area contributed by atoms with E-state index in [0.29, 0.717) is 12.1 Å². The molecule has 98 valence electrons. The topological polar surface area (TPSA) is 59.1 Å². The maximum Gasteiger partial charge on any atom is 0.118 e. The number of hydrogen-bond donors (Lipinski definition) is 2. The highest BCUT2D eigenvalue weighted by atomic mass is 16.3. The molecule has 0 amide bonds. The number of nitrogens with zero attached hydrogens (tertiary/aromatic N) is 1. The second kappa shape index (κ2) is 4.67. The van der Waals surface area contributed by atoms with Crippen LogP contribution in [0.5, 0.6) is 0 Å². The van der Waals surface area contributed by atoms with E-state index in [1.807, 2.05) is 18.2 Å². The van der Waals surface area contributed by atoms with Crippen LogP contribution in [0.3, 0.4) is 0 Å². The summed E-state index contributed by atoms with van der Waals surface area (Å²) < 4.78 is 0. The normalized spacial score (nSPS) is 22.6. The molecule has 3 nitrogen and oxygen atoms in total. The number of anilines is 1. The molecule has 0 saturated heterocycles. The van der Waals surface area contributed by atoms with Crippen molar-refractivity contribution in [3.8, 4) is 0 Å². The highest BCUT2D eigenvalue weighted by Gasteiger charge is 2.36. The van der Waals surface area contributed by atoms with Crippen LogP contribution >= 0.6 is 0 Å². The monoisotopic (exact) mass is 254 g/mol. The standard InChI is InChI=1S/C16H18N2O/c17-15-8-10-18-11-14(15)16(19)9-4-3-6-12-5-1-2-7-13(12)16/h1-2,5,7-8,10-11,19H,3-4,6,9H2,(H2,17,18). The van der Waals surface area contributed by atoms with E-state index < -0.39 is 5.60 Å². The van der Waals surface area contributed by atoms with Gasteiger partial charge in [-0.25, -0.2) is 0 Å². The lowest BCUT2D eigenvalue weighted by Gasteiger charge is -2.30. The van der Waals surface area contributed by atoms with E-state index >= 15 is 0 Å². The summed E-state index contributed by atoms with van der Waals surface area (Å²) >= 11 is 0. The van der Waals surface area contributed by atoms with Crippen molar-refractivity contribution in [1.82, 2.24) is 4.98 Å². The zero-order valence-electron chi connectivity index (χ0n) is 10.8. The van der Waals surface area contributed by atoms with Crippen molar-refractivity contribution in [3.63, 3.8) is 0 Å². The third-order valence-corrected chi connectivity index (χ3v) is 4.00. The molecule has 1 aliphatic rings. The van der Waals surface area contributed by atoms with Gasteiger partial charge in [0.25, 0.3) is 0 Å². The second-order valence-corrected chi connectivity index (χ2v) is 5.19. The molecule has 0 bridgehead atoms. The quantitative estimate of drug-likeness (QED) is 0.769. The number of nitrogen functional groups attached to an aromatic ring is 1. The van der Waals surface area contributed by atoms with E-state index in [1.54, 1.807) is 18.5 Å². The lowest BCUT2D eigenvalue weighted by atomic mass is 9.82. The molecular formula is C16H18N2O. The summed E-state index contributed by atoms with van der Waals surface area (Å²) in [5.41, 5.74) is 8.56. The van der Waals surface area contributed by atoms with E-state index in [1.165, 1.54) is 5.56 Å². The van der Waals surface area contributed by atoms with E-state index in [0.717, 1.165) is 30.4 Å². The van der Waals surface area contributed by atoms with E-state index in [2.05, 4.69) is 11.1 Å². The molecule has 1 aliphatic carbocycles. The molecule has 0 spiro atoms. The van der Waals surface area contributed by atoms with Crippen LogP contribution in [0.15, 0.2) is 42.7 Å². The van der Waals surface area contributed by atoms with Gasteiger partial charge in [-0.05, 0) is 42.9 Å². The van der Waals surface area contributed by atoms with Crippen LogP contribution in [0.25, 0.3) is 0 Å². The molecule has 1 aromatic heterocycles. The number of aliphatic hydroxyl groups is 1. The Labute approximate surface area is 113 Å². The van der Waals surface area contributed by atoms with Crippen molar-refractivity contribution < 1.29 is 5.11 Å². The predicted octanol–water partition coefficient (Wildman–Crippen LogP) is 2.63. The van der Waals surface area contributed by atoms with Crippen molar-refractivity contribution in [2.24, 2.45) is 0 Å². The molecule has 0 saturated carbocycles. The molecule has 1 unspecified atom stereocenters. The SMILES string of the molecule is Nc1ccncc1C1(O)CCCCc2ccccc21. The molecular weight excluding hydrogens is 236 g/mol. The molecule has 1 heterocycles. The highest BCUT2D eigenvalue weighted by molar-refractivity contribution is 5.53. The van der Waals surface area contributed by atoms with Crippen LogP contribution in [-0.4, -0.2) is 10.1 Å². The zero-order valence-corrected chi connectivity index (χ0v) is 10.8. The molecule has 0 fully saturated rings. The number of aryl methyl sites for hydroxylation is 1. The molecule has 2 aromatic rings. The maximum atomic E-state index is 11.2. The molecule has 3 heteroatoms. The van der Waals surface area contributed by atoms with Crippen molar-refractivity contribution >= 4 is 5.69 Å². The molecule has 0 aliphatic heterocycles. The number of nitrogens with two attached hydrogens (primary N) is 1. The van der Waals surface area contributed by atoms with E-state index in [-0.39, 0.29) is 0 Å². The van der Waals surface area contributed by atoms with Gasteiger partial charge in [-0.15, -0.1) is 0 Å². The van der Waals surface area contributed by atoms with Gasteiger partial charge in [0.15, 0.2) is 0 Å². The second-order valence-electron chi connectivity index (χ2n) is 5.19. The third kappa shape index (κ3) is 2.00. The van der Waals surface area contributed by atoms with Gasteiger partial charge >= 0.3 is 0 Å². The number of hydrogen-bond acceptors (Lipinski definition) is 3. The first-order chi connectivity index (χ1) is 9.22. The Morgan fingerprint density at radius 2 is 1.95 bits per heavy atom. The lowest BCUT2D eigenvalue weighted by Crippen LogP contribution is -2.28. The van der Waals surface area contributed by atoms with Crippen LogP contribution in [0.1, 0.15) is 36.0 Å². The van der Waals surface area contributed by atoms with Crippen LogP contribution in [0, 0.1) is 0 Å². The van der Waals surface area contributed by atoms with Gasteiger partial charge in [0, 0.05) is 23.6 Å². The summed E-state index contributed by atoms with van der Waals surface area (Å²) in [4.78, 5) is 4.13. The van der Waals surface area contributed by atoms with Crippen LogP contribution < -0.4 is 5.73 Å². The minimum absolute atomic E-state index is 0.606. The molecule has 1 aromatic carbocycles. The minimum atomic E-state index is -1.01. The van der Waals surface area contributed by atoms with Gasteiger partial charge in [0.2, 0.25) is 0 Å². The first-order valence-electron chi connectivity index (χ1n) is 6.72. The molecule has 1 atom stereocenters. The average Bonchev–Trinajstić information content (AvgIpc) is 2.60. The Morgan fingerprint density at radius 3 is 2.79 bits per heavy atom. The minimum Gasteiger partial charge on any atom is -0.398 e. The van der Waals surface area contributed by atoms with Gasteiger partial charge in [-0.1, -0.05) is 24.3 Å². The summed E-state index contributed by atoms with van der Waals surface area (Å²) in [5.74, 6) is 0. The smallest absolute Gasteiger partial charge is 0.118 e. The van der Waals surface area contributed by atoms with Crippen molar-refractivity contribution in [1.29, 1.82) is 0 Å². The highest BCUT2D eigenvalue weighted by Crippen LogP contribution is 2.41. The fourth-order valence-corrected chi connectivity index (χ4v) is 3.00. The molecule has 3 N–H and O–H groups in total. The Hall–Kier alpha value is -1.87. The predicted molar refractivity (Wildman–Crippen MR) is 75.6 cm³/mol. The van der Waals surface area contributed by atoms with E-state index in [9.17, 15) is 5.11 Å². The van der Waals surface area contributed by atoms with Gasteiger partial charge < -0.3 is 10.8 Å². The van der Waals surface area contributed by atoms with Gasteiger partial charge in [-0.3, -0.25) is 4.98 Å². The summed E-state index contributed by atoms with van der Waals surface area (Å²) in [5, 5.41) is 11.2. The van der Waals surface area contributed by atoms with Crippen molar-refractivity contribution in [3.05, 3.63) is 59.4 Å². The van der Waals surface area contributed by atoms with Crippen LogP contribution in [0.4, 0.5) is 5.69 Å². The van der Waals surface area contributed by atoms with Gasteiger partial charge in [0.1, 0.15) is 5.60 Å². The molecule has 3 rings (SSSR count). The Balaban J connectivity index is 2.20. The number of benzene rings is 1. The number of rotatable bonds is 1. The Kier molecular flexibility index (Phi) is 2.99. The van der Waals surface area contributed by atoms with Gasteiger partial charge in [0.05, 0.1) is 0 Å². The molecule has 19 heavy (non-hydrogen) atoms. The summed E-state index contributed by atoms with van der Waals surface area (Å²) in [7, 11) is 0. The fraction of sp³-hybridized carbons (Fsp3) is 0.312. The van der Waals surface area contributed by atoms with E-state index in [4.69, 9.17) is 5.73 Å². The van der Waals surface area contributed by atoms with Crippen molar-refractivity contribution in [2.75, 3.05) is 5.73 Å².